The number of rotatable bonds is 3. The van der Waals surface area contributed by atoms with Crippen LogP contribution in [0.2, 0.25) is 0 Å². The molecule has 2 heterocycles. The number of amides is 2. The zero-order valence-electron chi connectivity index (χ0n) is 15.3. The third-order valence-corrected chi connectivity index (χ3v) is 6.35. The van der Waals surface area contributed by atoms with Crippen LogP contribution in [0, 0.1) is 0 Å². The zero-order valence-corrected chi connectivity index (χ0v) is 16.1. The van der Waals surface area contributed by atoms with Gasteiger partial charge in [0.25, 0.3) is 0 Å². The summed E-state index contributed by atoms with van der Waals surface area (Å²) in [5.74, 6) is 0. The van der Waals surface area contributed by atoms with Crippen molar-refractivity contribution in [1.29, 1.82) is 0 Å². The number of hydrogen-bond acceptors (Lipinski definition) is 4. The number of piperidine rings is 1. The first kappa shape index (κ1) is 19.0. The molecular weight excluding hydrogens is 352 g/mol. The molecule has 3 rings (SSSR count). The van der Waals surface area contributed by atoms with E-state index in [9.17, 15) is 13.2 Å². The fourth-order valence-corrected chi connectivity index (χ4v) is 4.56. The van der Waals surface area contributed by atoms with Crippen molar-refractivity contribution in [2.75, 3.05) is 50.4 Å². The van der Waals surface area contributed by atoms with Gasteiger partial charge in [0.15, 0.2) is 0 Å². The second kappa shape index (κ2) is 8.26. The van der Waals surface area contributed by atoms with Crippen molar-refractivity contribution in [2.45, 2.75) is 25.3 Å². The molecule has 1 N–H and O–H groups in total. The zero-order chi connectivity index (χ0) is 18.6. The Hall–Kier alpha value is -1.80. The van der Waals surface area contributed by atoms with E-state index in [1.165, 1.54) is 16.2 Å². The summed E-state index contributed by atoms with van der Waals surface area (Å²) in [5, 5.41) is 3.04. The summed E-state index contributed by atoms with van der Waals surface area (Å²) in [6.07, 6.45) is 3.74. The van der Waals surface area contributed by atoms with Gasteiger partial charge in [0.1, 0.15) is 0 Å². The van der Waals surface area contributed by atoms with Crippen molar-refractivity contribution < 1.29 is 13.2 Å². The molecule has 144 valence electrons. The maximum atomic E-state index is 12.6. The number of urea groups is 1. The van der Waals surface area contributed by atoms with Crippen LogP contribution in [0.3, 0.4) is 0 Å². The van der Waals surface area contributed by atoms with Crippen molar-refractivity contribution in [1.82, 2.24) is 14.5 Å². The normalized spacial score (nSPS) is 22.7. The molecular formula is C18H28N4O3S. The van der Waals surface area contributed by atoms with E-state index in [2.05, 4.69) is 22.3 Å². The molecule has 0 bridgehead atoms. The van der Waals surface area contributed by atoms with E-state index in [4.69, 9.17) is 0 Å². The van der Waals surface area contributed by atoms with Crippen LogP contribution in [-0.4, -0.2) is 75.2 Å². The summed E-state index contributed by atoms with van der Waals surface area (Å²) < 4.78 is 24.9. The van der Waals surface area contributed by atoms with Crippen molar-refractivity contribution in [3.63, 3.8) is 0 Å². The monoisotopic (exact) mass is 380 g/mol. The molecule has 8 heteroatoms. The minimum atomic E-state index is -3.20. The van der Waals surface area contributed by atoms with Crippen LogP contribution in [0.1, 0.15) is 19.3 Å². The highest BCUT2D eigenvalue weighted by Crippen LogP contribution is 2.17. The molecule has 26 heavy (non-hydrogen) atoms. The van der Waals surface area contributed by atoms with Crippen LogP contribution in [0.4, 0.5) is 10.5 Å². The highest BCUT2D eigenvalue weighted by molar-refractivity contribution is 7.88. The van der Waals surface area contributed by atoms with Gasteiger partial charge in [0.05, 0.1) is 6.26 Å². The van der Waals surface area contributed by atoms with Gasteiger partial charge in [0, 0.05) is 51.0 Å². The first-order valence-corrected chi connectivity index (χ1v) is 11.1. The molecule has 0 aromatic heterocycles. The SMILES string of the molecule is CS(=O)(=O)N1CCCC(NC(=O)N2CCCN(c3ccccc3)CC2)C1. The van der Waals surface area contributed by atoms with E-state index in [-0.39, 0.29) is 12.1 Å². The Balaban J connectivity index is 1.54. The third kappa shape index (κ3) is 4.88. The van der Waals surface area contributed by atoms with Gasteiger partial charge in [-0.25, -0.2) is 17.5 Å². The summed E-state index contributed by atoms with van der Waals surface area (Å²) in [5.41, 5.74) is 1.19. The molecule has 1 atom stereocenters. The van der Waals surface area contributed by atoms with Crippen LogP contribution < -0.4 is 10.2 Å². The number of sulfonamides is 1. The van der Waals surface area contributed by atoms with Crippen LogP contribution >= 0.6 is 0 Å². The van der Waals surface area contributed by atoms with Gasteiger partial charge >= 0.3 is 6.03 Å². The Kier molecular flexibility index (Phi) is 6.03. The van der Waals surface area contributed by atoms with E-state index in [1.54, 1.807) is 0 Å². The molecule has 2 aliphatic heterocycles. The first-order valence-electron chi connectivity index (χ1n) is 9.24. The Morgan fingerprint density at radius 1 is 1.04 bits per heavy atom. The smallest absolute Gasteiger partial charge is 0.317 e. The van der Waals surface area contributed by atoms with Gasteiger partial charge in [-0.3, -0.25) is 0 Å². The molecule has 7 nitrogen and oxygen atoms in total. The van der Waals surface area contributed by atoms with Gasteiger partial charge < -0.3 is 15.1 Å². The molecule has 2 fully saturated rings. The minimum absolute atomic E-state index is 0.0831. The second-order valence-electron chi connectivity index (χ2n) is 7.07. The topological polar surface area (TPSA) is 73.0 Å². The lowest BCUT2D eigenvalue weighted by atomic mass is 10.1. The number of benzene rings is 1. The number of anilines is 1. The number of nitrogens with one attached hydrogen (secondary N) is 1. The molecule has 0 spiro atoms. The van der Waals surface area contributed by atoms with Gasteiger partial charge in [0.2, 0.25) is 10.0 Å². The predicted molar refractivity (Wildman–Crippen MR) is 103 cm³/mol. The maximum absolute atomic E-state index is 12.6. The van der Waals surface area contributed by atoms with Crippen molar-refractivity contribution in [2.24, 2.45) is 0 Å². The summed E-state index contributed by atoms with van der Waals surface area (Å²) in [6, 6.07) is 10.1. The number of hydrogen-bond donors (Lipinski definition) is 1. The van der Waals surface area contributed by atoms with E-state index >= 15 is 0 Å². The van der Waals surface area contributed by atoms with E-state index in [0.717, 1.165) is 38.9 Å². The summed E-state index contributed by atoms with van der Waals surface area (Å²) >= 11 is 0. The van der Waals surface area contributed by atoms with Gasteiger partial charge in [-0.1, -0.05) is 18.2 Å². The summed E-state index contributed by atoms with van der Waals surface area (Å²) in [4.78, 5) is 16.8. The highest BCUT2D eigenvalue weighted by atomic mass is 32.2. The van der Waals surface area contributed by atoms with Gasteiger partial charge in [-0.05, 0) is 31.4 Å². The Morgan fingerprint density at radius 3 is 2.54 bits per heavy atom. The molecule has 2 aliphatic rings. The van der Waals surface area contributed by atoms with Crippen LogP contribution in [0.25, 0.3) is 0 Å². The average Bonchev–Trinajstić information content (AvgIpc) is 2.88. The lowest BCUT2D eigenvalue weighted by molar-refractivity contribution is 0.189. The standard InChI is InChI=1S/C18H28N4O3S/c1-26(24,25)22-12-5-7-16(15-22)19-18(23)21-11-6-10-20(13-14-21)17-8-3-2-4-9-17/h2-4,8-9,16H,5-7,10-15H2,1H3,(H,19,23). The maximum Gasteiger partial charge on any atom is 0.317 e. The number of nitrogens with zero attached hydrogens (tertiary/aromatic N) is 3. The number of carbonyl (C=O) groups is 1. The van der Waals surface area contributed by atoms with Crippen molar-refractivity contribution >= 4 is 21.7 Å². The van der Waals surface area contributed by atoms with Gasteiger partial charge in [-0.15, -0.1) is 0 Å². The predicted octanol–water partition coefficient (Wildman–Crippen LogP) is 1.33. The first-order chi connectivity index (χ1) is 12.4. The second-order valence-corrected chi connectivity index (χ2v) is 9.06. The van der Waals surface area contributed by atoms with E-state index in [0.29, 0.717) is 19.6 Å². The molecule has 0 radical (unpaired) electrons. The highest BCUT2D eigenvalue weighted by Gasteiger charge is 2.28. The van der Waals surface area contributed by atoms with E-state index in [1.807, 2.05) is 23.1 Å². The third-order valence-electron chi connectivity index (χ3n) is 5.09. The van der Waals surface area contributed by atoms with Crippen LogP contribution in [0.5, 0.6) is 0 Å². The minimum Gasteiger partial charge on any atom is -0.370 e. The summed E-state index contributed by atoms with van der Waals surface area (Å²) in [7, 11) is -3.20. The lowest BCUT2D eigenvalue weighted by Crippen LogP contribution is -2.53. The molecule has 0 saturated carbocycles. The summed E-state index contributed by atoms with van der Waals surface area (Å²) in [6.45, 7) is 4.03. The van der Waals surface area contributed by atoms with Crippen LogP contribution in [-0.2, 0) is 10.0 Å². The average molecular weight is 381 g/mol. The molecule has 0 aliphatic carbocycles. The Bertz CT molecular complexity index is 710. The number of para-hydroxylation sites is 1. The van der Waals surface area contributed by atoms with Crippen molar-refractivity contribution in [3.8, 4) is 0 Å². The van der Waals surface area contributed by atoms with Crippen molar-refractivity contribution in [3.05, 3.63) is 30.3 Å². The Morgan fingerprint density at radius 2 is 1.81 bits per heavy atom. The molecule has 1 aromatic carbocycles. The van der Waals surface area contributed by atoms with Gasteiger partial charge in [-0.2, -0.15) is 0 Å². The van der Waals surface area contributed by atoms with E-state index < -0.39 is 10.0 Å². The number of carbonyl (C=O) groups excluding carboxylic acids is 1. The largest absolute Gasteiger partial charge is 0.370 e. The fourth-order valence-electron chi connectivity index (χ4n) is 3.64. The molecule has 1 aromatic rings. The molecule has 1 unspecified atom stereocenters. The fraction of sp³-hybridized carbons (Fsp3) is 0.611. The lowest BCUT2D eigenvalue weighted by Gasteiger charge is -2.33. The Labute approximate surface area is 156 Å². The molecule has 2 saturated heterocycles. The quantitative estimate of drug-likeness (QED) is 0.859. The van der Waals surface area contributed by atoms with Crippen LogP contribution in [0.15, 0.2) is 30.3 Å². The molecule has 2 amide bonds.